The molecule has 0 spiro atoms. The lowest BCUT2D eigenvalue weighted by molar-refractivity contribution is 0.226. The number of aliphatic imine (C=N–C) groups is 1. The second-order valence-corrected chi connectivity index (χ2v) is 6.17. The van der Waals surface area contributed by atoms with E-state index in [1.165, 1.54) is 0 Å². The fourth-order valence-corrected chi connectivity index (χ4v) is 2.62. The topological polar surface area (TPSA) is 115 Å². The van der Waals surface area contributed by atoms with Gasteiger partial charge in [-0.25, -0.2) is 4.99 Å². The SMILES string of the molecule is CCCCOC1=C/C(=N/c2ccc(N(CCO)CCO)cc2)C(N)=CC1=N. The molecule has 1 aliphatic rings. The summed E-state index contributed by atoms with van der Waals surface area (Å²) < 4.78 is 5.66. The summed E-state index contributed by atoms with van der Waals surface area (Å²) >= 11 is 0. The van der Waals surface area contributed by atoms with Crippen molar-refractivity contribution in [1.82, 2.24) is 0 Å². The van der Waals surface area contributed by atoms with E-state index in [2.05, 4.69) is 11.9 Å². The Morgan fingerprint density at radius 1 is 1.11 bits per heavy atom. The lowest BCUT2D eigenvalue weighted by Crippen LogP contribution is -2.29. The van der Waals surface area contributed by atoms with Gasteiger partial charge in [-0.15, -0.1) is 0 Å². The average molecular weight is 372 g/mol. The molecule has 0 saturated heterocycles. The van der Waals surface area contributed by atoms with Crippen LogP contribution in [0.3, 0.4) is 0 Å². The molecular weight excluding hydrogens is 344 g/mol. The van der Waals surface area contributed by atoms with E-state index in [1.807, 2.05) is 29.2 Å². The van der Waals surface area contributed by atoms with Crippen LogP contribution >= 0.6 is 0 Å². The first kappa shape index (κ1) is 20.7. The van der Waals surface area contributed by atoms with Crippen LogP contribution in [-0.4, -0.2) is 54.5 Å². The molecule has 1 aromatic rings. The van der Waals surface area contributed by atoms with E-state index in [4.69, 9.17) is 26.1 Å². The summed E-state index contributed by atoms with van der Waals surface area (Å²) in [5, 5.41) is 26.3. The number of ether oxygens (including phenoxy) is 1. The monoisotopic (exact) mass is 372 g/mol. The van der Waals surface area contributed by atoms with Gasteiger partial charge in [0.2, 0.25) is 0 Å². The van der Waals surface area contributed by atoms with E-state index in [0.717, 1.165) is 24.2 Å². The zero-order valence-electron chi connectivity index (χ0n) is 15.7. The van der Waals surface area contributed by atoms with Gasteiger partial charge in [-0.3, -0.25) is 5.41 Å². The maximum absolute atomic E-state index is 9.15. The number of nitrogens with one attached hydrogen (secondary N) is 1. The number of allylic oxidation sites excluding steroid dienone is 2. The first-order valence-corrected chi connectivity index (χ1v) is 9.15. The maximum Gasteiger partial charge on any atom is 0.146 e. The Bertz CT molecular complexity index is 717. The number of rotatable bonds is 10. The average Bonchev–Trinajstić information content (AvgIpc) is 2.66. The standard InChI is InChI=1S/C20H28N4O3/c1-2-3-12-27-20-14-19(17(21)13-18(20)22)23-15-4-6-16(7-5-15)24(8-10-25)9-11-26/h4-7,13-14,22,25-26H,2-3,8-12,21H2,1H3/b22-18?,23-19-. The van der Waals surface area contributed by atoms with Gasteiger partial charge in [0.1, 0.15) is 5.76 Å². The minimum Gasteiger partial charge on any atom is -0.491 e. The lowest BCUT2D eigenvalue weighted by Gasteiger charge is -2.22. The Morgan fingerprint density at radius 2 is 1.78 bits per heavy atom. The predicted molar refractivity (Wildman–Crippen MR) is 109 cm³/mol. The lowest BCUT2D eigenvalue weighted by atomic mass is 10.1. The quantitative estimate of drug-likeness (QED) is 0.371. The number of benzene rings is 1. The summed E-state index contributed by atoms with van der Waals surface area (Å²) in [4.78, 5) is 6.45. The normalized spacial score (nSPS) is 15.5. The van der Waals surface area contributed by atoms with Crippen molar-refractivity contribution in [3.8, 4) is 0 Å². The van der Waals surface area contributed by atoms with Crippen LogP contribution in [0.1, 0.15) is 19.8 Å². The number of hydrogen-bond acceptors (Lipinski definition) is 7. The molecule has 1 aliphatic carbocycles. The second kappa shape index (κ2) is 10.5. The van der Waals surface area contributed by atoms with E-state index >= 15 is 0 Å². The summed E-state index contributed by atoms with van der Waals surface area (Å²) in [6.45, 7) is 3.58. The molecule has 0 amide bonds. The Balaban J connectivity index is 2.18. The van der Waals surface area contributed by atoms with Crippen molar-refractivity contribution in [1.29, 1.82) is 5.41 Å². The first-order valence-electron chi connectivity index (χ1n) is 9.15. The summed E-state index contributed by atoms with van der Waals surface area (Å²) in [5.41, 5.74) is 8.87. The van der Waals surface area contributed by atoms with Crippen molar-refractivity contribution >= 4 is 22.8 Å². The summed E-state index contributed by atoms with van der Waals surface area (Å²) in [6.07, 6.45) is 5.20. The van der Waals surface area contributed by atoms with Crippen molar-refractivity contribution in [3.05, 3.63) is 47.9 Å². The Hall–Kier alpha value is -2.64. The zero-order valence-corrected chi connectivity index (χ0v) is 15.7. The van der Waals surface area contributed by atoms with Gasteiger partial charge in [-0.1, -0.05) is 13.3 Å². The van der Waals surface area contributed by atoms with Gasteiger partial charge in [-0.2, -0.15) is 0 Å². The molecule has 0 heterocycles. The van der Waals surface area contributed by atoms with Crippen molar-refractivity contribution in [2.24, 2.45) is 10.7 Å². The molecule has 0 aliphatic heterocycles. The number of unbranched alkanes of at least 4 members (excludes halogenated alkanes) is 1. The molecule has 2 rings (SSSR count). The van der Waals surface area contributed by atoms with E-state index in [-0.39, 0.29) is 18.9 Å². The molecular formula is C20H28N4O3. The zero-order chi connectivity index (χ0) is 19.6. The minimum atomic E-state index is 0.0168. The van der Waals surface area contributed by atoms with Crippen LogP contribution in [0.15, 0.2) is 52.9 Å². The molecule has 146 valence electrons. The highest BCUT2D eigenvalue weighted by molar-refractivity contribution is 6.22. The molecule has 0 saturated carbocycles. The van der Waals surface area contributed by atoms with Gasteiger partial charge in [0.05, 0.1) is 42.6 Å². The summed E-state index contributed by atoms with van der Waals surface area (Å²) in [5.74, 6) is 0.477. The highest BCUT2D eigenvalue weighted by atomic mass is 16.5. The van der Waals surface area contributed by atoms with Crippen LogP contribution in [0.4, 0.5) is 11.4 Å². The molecule has 0 fully saturated rings. The number of nitrogens with two attached hydrogens (primary N) is 1. The highest BCUT2D eigenvalue weighted by Crippen LogP contribution is 2.22. The van der Waals surface area contributed by atoms with Gasteiger partial charge >= 0.3 is 0 Å². The third-order valence-corrected chi connectivity index (χ3v) is 4.09. The molecule has 0 radical (unpaired) electrons. The van der Waals surface area contributed by atoms with Gasteiger partial charge in [0.15, 0.2) is 0 Å². The van der Waals surface area contributed by atoms with Crippen LogP contribution in [0, 0.1) is 5.41 Å². The van der Waals surface area contributed by atoms with E-state index in [0.29, 0.717) is 36.9 Å². The van der Waals surface area contributed by atoms with Gasteiger partial charge in [-0.05, 0) is 36.8 Å². The molecule has 1 aromatic carbocycles. The van der Waals surface area contributed by atoms with Gasteiger partial charge in [0.25, 0.3) is 0 Å². The van der Waals surface area contributed by atoms with E-state index < -0.39 is 0 Å². The predicted octanol–water partition coefficient (Wildman–Crippen LogP) is 2.13. The number of hydrogen-bond donors (Lipinski definition) is 4. The van der Waals surface area contributed by atoms with Crippen LogP contribution in [-0.2, 0) is 4.74 Å². The highest BCUT2D eigenvalue weighted by Gasteiger charge is 2.15. The Morgan fingerprint density at radius 3 is 2.37 bits per heavy atom. The maximum atomic E-state index is 9.15. The van der Waals surface area contributed by atoms with E-state index in [1.54, 1.807) is 12.2 Å². The minimum absolute atomic E-state index is 0.0168. The van der Waals surface area contributed by atoms with Crippen LogP contribution in [0.25, 0.3) is 0 Å². The largest absolute Gasteiger partial charge is 0.491 e. The summed E-state index contributed by atoms with van der Waals surface area (Å²) in [7, 11) is 0. The molecule has 0 bridgehead atoms. The molecule has 0 aromatic heterocycles. The van der Waals surface area contributed by atoms with Crippen molar-refractivity contribution in [3.63, 3.8) is 0 Å². The number of aliphatic hydroxyl groups is 2. The van der Waals surface area contributed by atoms with Crippen LogP contribution < -0.4 is 10.6 Å². The third kappa shape index (κ3) is 5.94. The molecule has 7 heteroatoms. The molecule has 7 nitrogen and oxygen atoms in total. The number of anilines is 1. The molecule has 0 unspecified atom stereocenters. The molecule has 0 atom stereocenters. The first-order chi connectivity index (χ1) is 13.1. The third-order valence-electron chi connectivity index (χ3n) is 4.09. The van der Waals surface area contributed by atoms with E-state index in [9.17, 15) is 0 Å². The Labute approximate surface area is 160 Å². The number of aliphatic hydroxyl groups excluding tert-OH is 2. The summed E-state index contributed by atoms with van der Waals surface area (Å²) in [6, 6.07) is 7.47. The van der Waals surface area contributed by atoms with Crippen molar-refractivity contribution in [2.45, 2.75) is 19.8 Å². The fourth-order valence-electron chi connectivity index (χ4n) is 2.62. The van der Waals surface area contributed by atoms with Gasteiger partial charge < -0.3 is 25.6 Å². The molecule has 5 N–H and O–H groups in total. The van der Waals surface area contributed by atoms with Crippen molar-refractivity contribution in [2.75, 3.05) is 37.8 Å². The number of nitrogens with zero attached hydrogens (tertiary/aromatic N) is 2. The smallest absolute Gasteiger partial charge is 0.146 e. The Kier molecular flexibility index (Phi) is 8.03. The second-order valence-electron chi connectivity index (χ2n) is 6.17. The molecule has 27 heavy (non-hydrogen) atoms. The van der Waals surface area contributed by atoms with Gasteiger partial charge in [0, 0.05) is 24.9 Å². The van der Waals surface area contributed by atoms with Crippen LogP contribution in [0.5, 0.6) is 0 Å². The van der Waals surface area contributed by atoms with Crippen molar-refractivity contribution < 1.29 is 14.9 Å². The fraction of sp³-hybridized carbons (Fsp3) is 0.400. The van der Waals surface area contributed by atoms with Crippen LogP contribution in [0.2, 0.25) is 0 Å².